The average Bonchev–Trinajstić information content (AvgIpc) is 2.27. The Balaban J connectivity index is 2.25. The van der Waals surface area contributed by atoms with Gasteiger partial charge in [0, 0.05) is 16.5 Å². The summed E-state index contributed by atoms with van der Waals surface area (Å²) in [6, 6.07) is 7.05. The largest absolute Gasteiger partial charge is 0.313 e. The summed E-state index contributed by atoms with van der Waals surface area (Å²) in [4.78, 5) is 0. The van der Waals surface area contributed by atoms with E-state index in [1.54, 1.807) is 0 Å². The van der Waals surface area contributed by atoms with Gasteiger partial charge >= 0.3 is 0 Å². The molecule has 1 heterocycles. The average molecular weight is 250 g/mol. The zero-order valence-electron chi connectivity index (χ0n) is 10.8. The second-order valence-electron chi connectivity index (χ2n) is 6.43. The highest BCUT2D eigenvalue weighted by molar-refractivity contribution is 6.30. The fourth-order valence-corrected chi connectivity index (χ4v) is 3.84. The smallest absolute Gasteiger partial charge is 0.0409 e. The number of hydrogen-bond donors (Lipinski definition) is 1. The molecule has 1 saturated heterocycles. The van der Waals surface area contributed by atoms with Crippen molar-refractivity contribution in [2.24, 2.45) is 0 Å². The van der Waals surface area contributed by atoms with Crippen molar-refractivity contribution in [3.63, 3.8) is 0 Å². The summed E-state index contributed by atoms with van der Waals surface area (Å²) in [7, 11) is 0. The van der Waals surface area contributed by atoms with Gasteiger partial charge in [0.25, 0.3) is 0 Å². The summed E-state index contributed by atoms with van der Waals surface area (Å²) in [6.07, 6.45) is 2.44. The highest BCUT2D eigenvalue weighted by Crippen LogP contribution is 2.49. The molecule has 0 amide bonds. The molecule has 0 aromatic heterocycles. The van der Waals surface area contributed by atoms with E-state index in [2.05, 4.69) is 38.2 Å². The Hall–Kier alpha value is -0.530. The number of rotatable bonds is 0. The highest BCUT2D eigenvalue weighted by atomic mass is 35.5. The van der Waals surface area contributed by atoms with Crippen LogP contribution in [0.2, 0.25) is 5.02 Å². The SMILES string of the molecule is CC12CCNC(C1)C(C)(C)c1ccc(Cl)cc12. The van der Waals surface area contributed by atoms with Crippen molar-refractivity contribution < 1.29 is 0 Å². The minimum Gasteiger partial charge on any atom is -0.313 e. The highest BCUT2D eigenvalue weighted by Gasteiger charge is 2.47. The first-order chi connectivity index (χ1) is 7.93. The molecular weight excluding hydrogens is 230 g/mol. The third-order valence-corrected chi connectivity index (χ3v) is 5.15. The molecule has 1 aliphatic heterocycles. The van der Waals surface area contributed by atoms with Crippen LogP contribution < -0.4 is 5.32 Å². The molecule has 2 atom stereocenters. The maximum Gasteiger partial charge on any atom is 0.0409 e. The molecule has 2 aliphatic rings. The van der Waals surface area contributed by atoms with Gasteiger partial charge in [-0.3, -0.25) is 0 Å². The predicted molar refractivity (Wildman–Crippen MR) is 72.9 cm³/mol. The van der Waals surface area contributed by atoms with Crippen molar-refractivity contribution >= 4 is 11.6 Å². The molecule has 0 saturated carbocycles. The first kappa shape index (κ1) is 11.6. The van der Waals surface area contributed by atoms with Gasteiger partial charge in [-0.1, -0.05) is 38.4 Å². The molecule has 1 aromatic carbocycles. The van der Waals surface area contributed by atoms with Crippen molar-refractivity contribution in [3.05, 3.63) is 34.3 Å². The number of benzene rings is 1. The van der Waals surface area contributed by atoms with Gasteiger partial charge in [0.1, 0.15) is 0 Å². The molecule has 0 spiro atoms. The van der Waals surface area contributed by atoms with Crippen LogP contribution in [0.1, 0.15) is 44.7 Å². The zero-order chi connectivity index (χ0) is 12.3. The summed E-state index contributed by atoms with van der Waals surface area (Å²) in [5.74, 6) is 0. The van der Waals surface area contributed by atoms with Crippen molar-refractivity contribution in [1.82, 2.24) is 5.32 Å². The quantitative estimate of drug-likeness (QED) is 0.740. The van der Waals surface area contributed by atoms with Gasteiger partial charge < -0.3 is 5.32 Å². The van der Waals surface area contributed by atoms with Crippen molar-refractivity contribution in [1.29, 1.82) is 0 Å². The minimum absolute atomic E-state index is 0.208. The summed E-state index contributed by atoms with van der Waals surface area (Å²) in [6.45, 7) is 8.21. The molecule has 0 radical (unpaired) electrons. The van der Waals surface area contributed by atoms with Gasteiger partial charge in [0.15, 0.2) is 0 Å². The molecule has 3 rings (SSSR count). The number of nitrogens with one attached hydrogen (secondary N) is 1. The van der Waals surface area contributed by atoms with Gasteiger partial charge in [0.2, 0.25) is 0 Å². The number of hydrogen-bond acceptors (Lipinski definition) is 1. The Morgan fingerprint density at radius 2 is 2.00 bits per heavy atom. The van der Waals surface area contributed by atoms with E-state index in [1.165, 1.54) is 24.0 Å². The molecule has 2 heteroatoms. The van der Waals surface area contributed by atoms with Gasteiger partial charge in [-0.05, 0) is 48.1 Å². The van der Waals surface area contributed by atoms with Crippen LogP contribution >= 0.6 is 11.6 Å². The van der Waals surface area contributed by atoms with Crippen LogP contribution in [0.3, 0.4) is 0 Å². The van der Waals surface area contributed by atoms with Gasteiger partial charge in [-0.2, -0.15) is 0 Å². The van der Waals surface area contributed by atoms with Crippen molar-refractivity contribution in [2.45, 2.75) is 50.5 Å². The monoisotopic (exact) mass is 249 g/mol. The maximum absolute atomic E-state index is 6.19. The van der Waals surface area contributed by atoms with E-state index >= 15 is 0 Å². The standard InChI is InChI=1S/C15H20ClN/c1-14(2)11-5-4-10(16)8-12(11)15(3)6-7-17-13(14)9-15/h4-5,8,13,17H,6-7,9H2,1-3H3. The van der Waals surface area contributed by atoms with E-state index in [4.69, 9.17) is 11.6 Å². The Kier molecular flexibility index (Phi) is 2.37. The lowest BCUT2D eigenvalue weighted by atomic mass is 9.57. The predicted octanol–water partition coefficient (Wildman–Crippen LogP) is 3.64. The third-order valence-electron chi connectivity index (χ3n) is 4.92. The molecule has 1 nitrogen and oxygen atoms in total. The van der Waals surface area contributed by atoms with Crippen molar-refractivity contribution in [3.8, 4) is 0 Å². The summed E-state index contributed by atoms with van der Waals surface area (Å²) < 4.78 is 0. The maximum atomic E-state index is 6.19. The van der Waals surface area contributed by atoms with E-state index in [0.717, 1.165) is 11.6 Å². The fraction of sp³-hybridized carbons (Fsp3) is 0.600. The second kappa shape index (κ2) is 3.49. The van der Waals surface area contributed by atoms with E-state index in [-0.39, 0.29) is 5.41 Å². The van der Waals surface area contributed by atoms with Gasteiger partial charge in [-0.15, -0.1) is 0 Å². The van der Waals surface area contributed by atoms with Crippen molar-refractivity contribution in [2.75, 3.05) is 6.54 Å². The summed E-state index contributed by atoms with van der Waals surface area (Å²) in [5.41, 5.74) is 3.48. The zero-order valence-corrected chi connectivity index (χ0v) is 11.6. The number of fused-ring (bicyclic) bond motifs is 4. The van der Waals surface area contributed by atoms with E-state index in [0.29, 0.717) is 11.5 Å². The van der Waals surface area contributed by atoms with Crippen LogP contribution in [0.15, 0.2) is 18.2 Å². The Bertz CT molecular complexity index is 466. The minimum atomic E-state index is 0.208. The lowest BCUT2D eigenvalue weighted by Crippen LogP contribution is -2.57. The lowest BCUT2D eigenvalue weighted by molar-refractivity contribution is 0.179. The molecule has 2 bridgehead atoms. The molecule has 1 aliphatic carbocycles. The lowest BCUT2D eigenvalue weighted by Gasteiger charge is -2.52. The molecule has 1 N–H and O–H groups in total. The second-order valence-corrected chi connectivity index (χ2v) is 6.87. The number of halogens is 1. The molecular formula is C15H20ClN. The van der Waals surface area contributed by atoms with Crippen LogP contribution in [0.5, 0.6) is 0 Å². The molecule has 1 fully saturated rings. The van der Waals surface area contributed by atoms with Crippen LogP contribution in [-0.2, 0) is 10.8 Å². The molecule has 1 aromatic rings. The summed E-state index contributed by atoms with van der Waals surface area (Å²) >= 11 is 6.19. The first-order valence-electron chi connectivity index (χ1n) is 6.47. The molecule has 17 heavy (non-hydrogen) atoms. The van der Waals surface area contributed by atoms with Crippen LogP contribution in [0.25, 0.3) is 0 Å². The number of piperidine rings is 1. The van der Waals surface area contributed by atoms with E-state index < -0.39 is 0 Å². The molecule has 92 valence electrons. The van der Waals surface area contributed by atoms with E-state index in [1.807, 2.05) is 6.07 Å². The van der Waals surface area contributed by atoms with E-state index in [9.17, 15) is 0 Å². The van der Waals surface area contributed by atoms with Crippen LogP contribution in [0, 0.1) is 0 Å². The fourth-order valence-electron chi connectivity index (χ4n) is 3.67. The Labute approximate surface area is 109 Å². The Morgan fingerprint density at radius 1 is 1.24 bits per heavy atom. The molecule has 2 unspecified atom stereocenters. The first-order valence-corrected chi connectivity index (χ1v) is 6.85. The Morgan fingerprint density at radius 3 is 2.76 bits per heavy atom. The van der Waals surface area contributed by atoms with Gasteiger partial charge in [-0.25, -0.2) is 0 Å². The van der Waals surface area contributed by atoms with Crippen LogP contribution in [-0.4, -0.2) is 12.6 Å². The third kappa shape index (κ3) is 1.56. The summed E-state index contributed by atoms with van der Waals surface area (Å²) in [5, 5.41) is 4.56. The van der Waals surface area contributed by atoms with Crippen LogP contribution in [0.4, 0.5) is 0 Å². The van der Waals surface area contributed by atoms with Gasteiger partial charge in [0.05, 0.1) is 0 Å². The topological polar surface area (TPSA) is 12.0 Å². The normalized spacial score (nSPS) is 34.2.